The van der Waals surface area contributed by atoms with Gasteiger partial charge in [0, 0.05) is 6.04 Å². The molecular weight excluding hydrogens is 220 g/mol. The van der Waals surface area contributed by atoms with Crippen molar-refractivity contribution in [1.29, 1.82) is 0 Å². The summed E-state index contributed by atoms with van der Waals surface area (Å²) in [5.41, 5.74) is -0.547. The molecule has 0 aromatic carbocycles. The minimum atomic E-state index is -0.564. The van der Waals surface area contributed by atoms with Crippen molar-refractivity contribution in [1.82, 2.24) is 10.6 Å². The molecule has 0 aliphatic heterocycles. The number of amides is 2. The number of hydrogen-bond acceptors (Lipinski definition) is 3. The molecule has 2 amide bonds. The van der Waals surface area contributed by atoms with E-state index in [1.54, 1.807) is 27.7 Å². The largest absolute Gasteiger partial charge is 0.444 e. The van der Waals surface area contributed by atoms with Crippen LogP contribution in [0.4, 0.5) is 4.79 Å². The molecule has 0 radical (unpaired) electrons. The van der Waals surface area contributed by atoms with Gasteiger partial charge in [0.1, 0.15) is 11.6 Å². The molecule has 0 unspecified atom stereocenters. The molecule has 0 heterocycles. The fourth-order valence-electron chi connectivity index (χ4n) is 1.43. The maximum atomic E-state index is 11.7. The van der Waals surface area contributed by atoms with Crippen LogP contribution in [0.25, 0.3) is 0 Å². The Morgan fingerprint density at radius 2 is 1.88 bits per heavy atom. The van der Waals surface area contributed by atoms with Crippen LogP contribution in [0.2, 0.25) is 0 Å². The highest BCUT2D eigenvalue weighted by Crippen LogP contribution is 2.17. The topological polar surface area (TPSA) is 67.4 Å². The number of hydrogen-bond donors (Lipinski definition) is 2. The predicted octanol–water partition coefficient (Wildman–Crippen LogP) is 1.57. The Labute approximate surface area is 102 Å². The highest BCUT2D eigenvalue weighted by molar-refractivity contribution is 5.85. The van der Waals surface area contributed by atoms with E-state index in [0.29, 0.717) is 0 Å². The standard InChI is InChI=1S/C12H22N2O3/c1-8(10(15)14-9-6-5-7-9)13-11(16)17-12(2,3)4/h8-9H,5-7H2,1-4H3,(H,13,16)(H,14,15)/t8-/m0/s1. The second kappa shape index (κ2) is 5.38. The van der Waals surface area contributed by atoms with Crippen molar-refractivity contribution in [3.05, 3.63) is 0 Å². The smallest absolute Gasteiger partial charge is 0.408 e. The average molecular weight is 242 g/mol. The van der Waals surface area contributed by atoms with Gasteiger partial charge >= 0.3 is 6.09 Å². The number of carbonyl (C=O) groups is 2. The predicted molar refractivity (Wildman–Crippen MR) is 64.6 cm³/mol. The maximum Gasteiger partial charge on any atom is 0.408 e. The van der Waals surface area contributed by atoms with Gasteiger partial charge in [-0.1, -0.05) is 0 Å². The Balaban J connectivity index is 2.29. The Hall–Kier alpha value is -1.26. The van der Waals surface area contributed by atoms with Crippen molar-refractivity contribution in [2.45, 2.75) is 64.6 Å². The molecule has 1 rings (SSSR count). The molecule has 0 aromatic heterocycles. The van der Waals surface area contributed by atoms with Crippen molar-refractivity contribution in [2.24, 2.45) is 0 Å². The van der Waals surface area contributed by atoms with Crippen LogP contribution in [-0.2, 0) is 9.53 Å². The van der Waals surface area contributed by atoms with Crippen molar-refractivity contribution >= 4 is 12.0 Å². The fourth-order valence-corrected chi connectivity index (χ4v) is 1.43. The van der Waals surface area contributed by atoms with E-state index in [9.17, 15) is 9.59 Å². The molecule has 1 fully saturated rings. The van der Waals surface area contributed by atoms with E-state index in [0.717, 1.165) is 12.8 Å². The Bertz CT molecular complexity index is 293. The first-order chi connectivity index (χ1) is 7.78. The van der Waals surface area contributed by atoms with Gasteiger partial charge in [-0.2, -0.15) is 0 Å². The zero-order valence-electron chi connectivity index (χ0n) is 11.0. The zero-order valence-corrected chi connectivity index (χ0v) is 11.0. The summed E-state index contributed by atoms with van der Waals surface area (Å²) >= 11 is 0. The van der Waals surface area contributed by atoms with Gasteiger partial charge in [-0.05, 0) is 47.0 Å². The van der Waals surface area contributed by atoms with Crippen molar-refractivity contribution in [3.63, 3.8) is 0 Å². The summed E-state index contributed by atoms with van der Waals surface area (Å²) < 4.78 is 5.07. The summed E-state index contributed by atoms with van der Waals surface area (Å²) in [6.07, 6.45) is 2.67. The van der Waals surface area contributed by atoms with Gasteiger partial charge in [0.25, 0.3) is 0 Å². The lowest BCUT2D eigenvalue weighted by atomic mass is 9.93. The maximum absolute atomic E-state index is 11.7. The van der Waals surface area contributed by atoms with Crippen LogP contribution < -0.4 is 10.6 Å². The molecule has 5 heteroatoms. The van der Waals surface area contributed by atoms with E-state index >= 15 is 0 Å². The zero-order chi connectivity index (χ0) is 13.1. The lowest BCUT2D eigenvalue weighted by Gasteiger charge is -2.28. The molecule has 2 N–H and O–H groups in total. The normalized spacial score (nSPS) is 17.9. The van der Waals surface area contributed by atoms with E-state index in [1.807, 2.05) is 0 Å². The minimum Gasteiger partial charge on any atom is -0.444 e. The Kier molecular flexibility index (Phi) is 4.37. The second-order valence-corrected chi connectivity index (χ2v) is 5.50. The van der Waals surface area contributed by atoms with Gasteiger partial charge in [0.2, 0.25) is 5.91 Å². The first-order valence-electron chi connectivity index (χ1n) is 6.08. The third kappa shape index (κ3) is 5.06. The van der Waals surface area contributed by atoms with Crippen molar-refractivity contribution in [3.8, 4) is 0 Å². The number of rotatable bonds is 3. The van der Waals surface area contributed by atoms with Crippen LogP contribution in [0.15, 0.2) is 0 Å². The third-order valence-electron chi connectivity index (χ3n) is 2.58. The molecule has 0 aromatic rings. The number of alkyl carbamates (subject to hydrolysis) is 1. The van der Waals surface area contributed by atoms with Crippen molar-refractivity contribution < 1.29 is 14.3 Å². The molecule has 17 heavy (non-hydrogen) atoms. The summed E-state index contributed by atoms with van der Waals surface area (Å²) in [4.78, 5) is 23.1. The molecular formula is C12H22N2O3. The summed E-state index contributed by atoms with van der Waals surface area (Å²) in [6.45, 7) is 7.00. The molecule has 0 spiro atoms. The van der Waals surface area contributed by atoms with Gasteiger partial charge in [0.15, 0.2) is 0 Å². The van der Waals surface area contributed by atoms with E-state index in [4.69, 9.17) is 4.74 Å². The van der Waals surface area contributed by atoms with Gasteiger partial charge in [-0.15, -0.1) is 0 Å². The fraction of sp³-hybridized carbons (Fsp3) is 0.833. The number of nitrogens with one attached hydrogen (secondary N) is 2. The van der Waals surface area contributed by atoms with Gasteiger partial charge in [-0.3, -0.25) is 4.79 Å². The van der Waals surface area contributed by atoms with Crippen LogP contribution in [0.3, 0.4) is 0 Å². The first-order valence-corrected chi connectivity index (χ1v) is 6.08. The molecule has 1 saturated carbocycles. The average Bonchev–Trinajstić information content (AvgIpc) is 2.07. The van der Waals surface area contributed by atoms with Crippen molar-refractivity contribution in [2.75, 3.05) is 0 Å². The Morgan fingerprint density at radius 3 is 2.29 bits per heavy atom. The minimum absolute atomic E-state index is 0.152. The quantitative estimate of drug-likeness (QED) is 0.789. The first kappa shape index (κ1) is 13.8. The molecule has 1 aliphatic carbocycles. The lowest BCUT2D eigenvalue weighted by molar-refractivity contribution is -0.124. The third-order valence-corrected chi connectivity index (χ3v) is 2.58. The SMILES string of the molecule is C[C@H](NC(=O)OC(C)(C)C)C(=O)NC1CCC1. The molecule has 0 saturated heterocycles. The highest BCUT2D eigenvalue weighted by Gasteiger charge is 2.24. The van der Waals surface area contributed by atoms with Gasteiger partial charge in [0.05, 0.1) is 0 Å². The van der Waals surface area contributed by atoms with Gasteiger partial charge < -0.3 is 15.4 Å². The monoisotopic (exact) mass is 242 g/mol. The second-order valence-electron chi connectivity index (χ2n) is 5.50. The molecule has 1 aliphatic rings. The Morgan fingerprint density at radius 1 is 1.29 bits per heavy atom. The summed E-state index contributed by atoms with van der Waals surface area (Å²) in [5, 5.41) is 5.39. The van der Waals surface area contributed by atoms with Crippen LogP contribution >= 0.6 is 0 Å². The van der Waals surface area contributed by atoms with E-state index in [-0.39, 0.29) is 11.9 Å². The lowest BCUT2D eigenvalue weighted by Crippen LogP contribution is -2.50. The summed E-state index contributed by atoms with van der Waals surface area (Å²) in [7, 11) is 0. The summed E-state index contributed by atoms with van der Waals surface area (Å²) in [6, 6.07) is -0.282. The molecule has 5 nitrogen and oxygen atoms in total. The number of ether oxygens (including phenoxy) is 1. The van der Waals surface area contributed by atoms with Crippen LogP contribution in [0, 0.1) is 0 Å². The van der Waals surface area contributed by atoms with Crippen LogP contribution in [-0.4, -0.2) is 29.7 Å². The van der Waals surface area contributed by atoms with E-state index in [1.165, 1.54) is 6.42 Å². The summed E-state index contributed by atoms with van der Waals surface area (Å²) in [5.74, 6) is -0.152. The van der Waals surface area contributed by atoms with Crippen LogP contribution in [0.1, 0.15) is 47.0 Å². The number of carbonyl (C=O) groups excluding carboxylic acids is 2. The van der Waals surface area contributed by atoms with Gasteiger partial charge in [-0.25, -0.2) is 4.79 Å². The van der Waals surface area contributed by atoms with Crippen LogP contribution in [0.5, 0.6) is 0 Å². The molecule has 98 valence electrons. The van der Waals surface area contributed by atoms with E-state index < -0.39 is 17.7 Å². The molecule has 1 atom stereocenters. The molecule has 0 bridgehead atoms. The van der Waals surface area contributed by atoms with E-state index in [2.05, 4.69) is 10.6 Å². The highest BCUT2D eigenvalue weighted by atomic mass is 16.6.